The van der Waals surface area contributed by atoms with E-state index in [1.165, 1.54) is 0 Å². The van der Waals surface area contributed by atoms with Crippen LogP contribution >= 0.6 is 0 Å². The summed E-state index contributed by atoms with van der Waals surface area (Å²) in [6, 6.07) is 0. The van der Waals surface area contributed by atoms with Crippen LogP contribution in [0.5, 0.6) is 0 Å². The molecule has 0 amide bonds. The van der Waals surface area contributed by atoms with Gasteiger partial charge in [-0.05, 0) is 33.2 Å². The fraction of sp³-hybridized carbons (Fsp3) is 0.909. The highest BCUT2D eigenvalue weighted by Gasteiger charge is 2.07. The predicted molar refractivity (Wildman–Crippen MR) is 60.1 cm³/mol. The van der Waals surface area contributed by atoms with Crippen LogP contribution in [0.4, 0.5) is 0 Å². The van der Waals surface area contributed by atoms with Crippen molar-refractivity contribution < 1.29 is 14.6 Å². The highest BCUT2D eigenvalue weighted by atomic mass is 16.5. The Hall–Kier alpha value is -0.610. The number of hydrogen-bond acceptors (Lipinski definition) is 3. The Morgan fingerprint density at radius 3 is 2.53 bits per heavy atom. The monoisotopic (exact) mass is 217 g/mol. The lowest BCUT2D eigenvalue weighted by Crippen LogP contribution is -2.32. The average molecular weight is 217 g/mol. The molecule has 0 spiro atoms. The molecule has 4 nitrogen and oxygen atoms in total. The largest absolute Gasteiger partial charge is 0.480 e. The minimum Gasteiger partial charge on any atom is -0.480 e. The standard InChI is InChI=1S/C11H23NO3/c1-4-6-12(9-11(13)14)7-5-8-15-10(2)3/h10H,4-9H2,1-3H3,(H,13,14). The van der Waals surface area contributed by atoms with Gasteiger partial charge in [0.25, 0.3) is 0 Å². The van der Waals surface area contributed by atoms with Crippen LogP contribution in [-0.2, 0) is 9.53 Å². The number of hydrogen-bond donors (Lipinski definition) is 1. The topological polar surface area (TPSA) is 49.8 Å². The smallest absolute Gasteiger partial charge is 0.317 e. The Morgan fingerprint density at radius 1 is 1.40 bits per heavy atom. The molecular formula is C11H23NO3. The Labute approximate surface area is 92.2 Å². The van der Waals surface area contributed by atoms with Crippen LogP contribution < -0.4 is 0 Å². The van der Waals surface area contributed by atoms with Gasteiger partial charge in [-0.25, -0.2) is 0 Å². The fourth-order valence-corrected chi connectivity index (χ4v) is 1.38. The van der Waals surface area contributed by atoms with E-state index in [9.17, 15) is 4.79 Å². The van der Waals surface area contributed by atoms with E-state index >= 15 is 0 Å². The Bertz CT molecular complexity index is 171. The Balaban J connectivity index is 3.61. The molecule has 0 heterocycles. The molecule has 0 aromatic carbocycles. The molecule has 0 aromatic heterocycles. The first-order valence-electron chi connectivity index (χ1n) is 5.62. The van der Waals surface area contributed by atoms with Gasteiger partial charge in [0.1, 0.15) is 0 Å². The maximum Gasteiger partial charge on any atom is 0.317 e. The summed E-state index contributed by atoms with van der Waals surface area (Å²) in [5, 5.41) is 8.68. The summed E-state index contributed by atoms with van der Waals surface area (Å²) in [7, 11) is 0. The van der Waals surface area contributed by atoms with E-state index in [0.29, 0.717) is 6.61 Å². The van der Waals surface area contributed by atoms with Gasteiger partial charge in [0, 0.05) is 13.2 Å². The van der Waals surface area contributed by atoms with Crippen LogP contribution in [0.25, 0.3) is 0 Å². The number of carboxylic acids is 1. The van der Waals surface area contributed by atoms with Crippen LogP contribution in [0.1, 0.15) is 33.6 Å². The molecule has 0 aromatic rings. The van der Waals surface area contributed by atoms with Gasteiger partial charge < -0.3 is 9.84 Å². The molecule has 90 valence electrons. The summed E-state index contributed by atoms with van der Waals surface area (Å²) in [4.78, 5) is 12.5. The highest BCUT2D eigenvalue weighted by molar-refractivity contribution is 5.69. The normalized spacial score (nSPS) is 11.3. The average Bonchev–Trinajstić information content (AvgIpc) is 2.11. The first kappa shape index (κ1) is 14.4. The van der Waals surface area contributed by atoms with Gasteiger partial charge in [0.2, 0.25) is 0 Å². The van der Waals surface area contributed by atoms with E-state index in [0.717, 1.165) is 25.9 Å². The van der Waals surface area contributed by atoms with Crippen molar-refractivity contribution in [1.82, 2.24) is 4.90 Å². The van der Waals surface area contributed by atoms with Crippen molar-refractivity contribution in [1.29, 1.82) is 0 Å². The minimum atomic E-state index is -0.756. The zero-order chi connectivity index (χ0) is 11.7. The summed E-state index contributed by atoms with van der Waals surface area (Å²) < 4.78 is 5.40. The first-order chi connectivity index (χ1) is 7.06. The second-order valence-electron chi connectivity index (χ2n) is 3.94. The number of nitrogens with zero attached hydrogens (tertiary/aromatic N) is 1. The Morgan fingerprint density at radius 2 is 2.07 bits per heavy atom. The lowest BCUT2D eigenvalue weighted by Gasteiger charge is -2.19. The van der Waals surface area contributed by atoms with E-state index in [-0.39, 0.29) is 12.6 Å². The van der Waals surface area contributed by atoms with Crippen LogP contribution in [0.3, 0.4) is 0 Å². The van der Waals surface area contributed by atoms with E-state index in [4.69, 9.17) is 9.84 Å². The van der Waals surface area contributed by atoms with Gasteiger partial charge in [-0.3, -0.25) is 9.69 Å². The van der Waals surface area contributed by atoms with Gasteiger partial charge >= 0.3 is 5.97 Å². The number of rotatable bonds is 9. The summed E-state index contributed by atoms with van der Waals surface area (Å²) in [5.74, 6) is -0.756. The van der Waals surface area contributed by atoms with Gasteiger partial charge in [0.05, 0.1) is 12.6 Å². The highest BCUT2D eigenvalue weighted by Crippen LogP contribution is 1.96. The molecule has 0 radical (unpaired) electrons. The molecule has 0 bridgehead atoms. The molecule has 0 saturated heterocycles. The van der Waals surface area contributed by atoms with E-state index in [2.05, 4.69) is 6.92 Å². The Kier molecular flexibility index (Phi) is 8.33. The molecule has 0 aliphatic heterocycles. The summed E-state index contributed by atoms with van der Waals surface area (Å²) in [6.07, 6.45) is 2.13. The van der Waals surface area contributed by atoms with Gasteiger partial charge in [0.15, 0.2) is 0 Å². The fourth-order valence-electron chi connectivity index (χ4n) is 1.38. The number of carbonyl (C=O) groups is 1. The zero-order valence-electron chi connectivity index (χ0n) is 10.0. The third-order valence-corrected chi connectivity index (χ3v) is 1.97. The molecule has 0 rings (SSSR count). The van der Waals surface area contributed by atoms with E-state index in [1.807, 2.05) is 18.7 Å². The summed E-state index contributed by atoms with van der Waals surface area (Å²) in [5.41, 5.74) is 0. The second kappa shape index (κ2) is 8.68. The lowest BCUT2D eigenvalue weighted by molar-refractivity contribution is -0.138. The van der Waals surface area contributed by atoms with Crippen molar-refractivity contribution in [3.05, 3.63) is 0 Å². The predicted octanol–water partition coefficient (Wildman–Crippen LogP) is 1.60. The molecule has 0 aliphatic rings. The maximum absolute atomic E-state index is 10.6. The second-order valence-corrected chi connectivity index (χ2v) is 3.94. The molecule has 0 unspecified atom stereocenters. The van der Waals surface area contributed by atoms with Crippen molar-refractivity contribution in [2.24, 2.45) is 0 Å². The van der Waals surface area contributed by atoms with Gasteiger partial charge in [-0.2, -0.15) is 0 Å². The number of carboxylic acid groups (broad SMARTS) is 1. The van der Waals surface area contributed by atoms with E-state index in [1.54, 1.807) is 0 Å². The first-order valence-corrected chi connectivity index (χ1v) is 5.62. The quantitative estimate of drug-likeness (QED) is 0.596. The van der Waals surface area contributed by atoms with Gasteiger partial charge in [-0.1, -0.05) is 6.92 Å². The molecule has 4 heteroatoms. The SMILES string of the molecule is CCCN(CCCOC(C)C)CC(=O)O. The van der Waals surface area contributed by atoms with E-state index < -0.39 is 5.97 Å². The van der Waals surface area contributed by atoms with Crippen LogP contribution in [0.2, 0.25) is 0 Å². The van der Waals surface area contributed by atoms with Crippen molar-refractivity contribution in [2.45, 2.75) is 39.7 Å². The number of ether oxygens (including phenoxy) is 1. The molecule has 0 saturated carbocycles. The van der Waals surface area contributed by atoms with Crippen molar-refractivity contribution >= 4 is 5.97 Å². The van der Waals surface area contributed by atoms with Crippen molar-refractivity contribution in [3.8, 4) is 0 Å². The van der Waals surface area contributed by atoms with Crippen LogP contribution in [-0.4, -0.2) is 48.3 Å². The molecule has 15 heavy (non-hydrogen) atoms. The van der Waals surface area contributed by atoms with Crippen LogP contribution in [0.15, 0.2) is 0 Å². The maximum atomic E-state index is 10.6. The third-order valence-electron chi connectivity index (χ3n) is 1.97. The van der Waals surface area contributed by atoms with Gasteiger partial charge in [-0.15, -0.1) is 0 Å². The van der Waals surface area contributed by atoms with Crippen LogP contribution in [0, 0.1) is 0 Å². The van der Waals surface area contributed by atoms with Crippen molar-refractivity contribution in [2.75, 3.05) is 26.2 Å². The molecule has 0 atom stereocenters. The lowest BCUT2D eigenvalue weighted by atomic mass is 10.3. The molecular weight excluding hydrogens is 194 g/mol. The number of aliphatic carboxylic acids is 1. The molecule has 0 fully saturated rings. The minimum absolute atomic E-state index is 0.134. The summed E-state index contributed by atoms with van der Waals surface area (Å²) in [6.45, 7) is 8.54. The zero-order valence-corrected chi connectivity index (χ0v) is 10.0. The third kappa shape index (κ3) is 9.69. The molecule has 1 N–H and O–H groups in total. The summed E-state index contributed by atoms with van der Waals surface area (Å²) >= 11 is 0. The van der Waals surface area contributed by atoms with Crippen molar-refractivity contribution in [3.63, 3.8) is 0 Å². The molecule has 0 aliphatic carbocycles.